The Labute approximate surface area is 156 Å². The number of fused-ring (bicyclic) bond motifs is 1. The first-order valence-corrected chi connectivity index (χ1v) is 10.1. The topological polar surface area (TPSA) is 115 Å². The molecule has 0 aliphatic heterocycles. The van der Waals surface area contributed by atoms with Gasteiger partial charge in [-0.3, -0.25) is 0 Å². The molecular weight excluding hydrogens is 362 g/mol. The first-order valence-electron chi connectivity index (χ1n) is 8.21. The Morgan fingerprint density at radius 2 is 1.78 bits per heavy atom. The molecule has 7 nitrogen and oxygen atoms in total. The molecule has 0 spiro atoms. The van der Waals surface area contributed by atoms with Crippen molar-refractivity contribution in [1.29, 1.82) is 0 Å². The van der Waals surface area contributed by atoms with E-state index in [1.165, 1.54) is 6.26 Å². The van der Waals surface area contributed by atoms with Crippen molar-refractivity contribution in [2.75, 3.05) is 12.0 Å². The largest absolute Gasteiger partial charge is 0.382 e. The third-order valence-corrected chi connectivity index (χ3v) is 5.37. The van der Waals surface area contributed by atoms with Crippen molar-refractivity contribution < 1.29 is 8.42 Å². The molecule has 8 heteroatoms. The number of aryl methyl sites for hydroxylation is 1. The number of nitrogens with two attached hydrogens (primary N) is 1. The monoisotopic (exact) mass is 379 g/mol. The molecule has 0 amide bonds. The third kappa shape index (κ3) is 3.26. The number of hydrogen-bond acceptors (Lipinski definition) is 6. The van der Waals surface area contributed by atoms with E-state index in [4.69, 9.17) is 5.73 Å². The molecule has 0 atom stereocenters. The van der Waals surface area contributed by atoms with E-state index < -0.39 is 9.84 Å². The lowest BCUT2D eigenvalue weighted by Gasteiger charge is -2.06. The van der Waals surface area contributed by atoms with E-state index in [2.05, 4.69) is 19.9 Å². The molecule has 27 heavy (non-hydrogen) atoms. The fraction of sp³-hybridized carbons (Fsp3) is 0.105. The minimum absolute atomic E-state index is 0.252. The van der Waals surface area contributed by atoms with Gasteiger partial charge in [-0.2, -0.15) is 0 Å². The van der Waals surface area contributed by atoms with Crippen LogP contribution in [0.25, 0.3) is 33.8 Å². The van der Waals surface area contributed by atoms with E-state index in [0.29, 0.717) is 17.2 Å². The van der Waals surface area contributed by atoms with E-state index in [0.717, 1.165) is 22.2 Å². The molecule has 0 unspecified atom stereocenters. The molecule has 4 aromatic rings. The molecule has 0 fully saturated rings. The standard InChI is InChI=1S/C19H17N5O2S/c1-11-3-8-14-15(9-11)24-19(23-14)17-18(20)21-10-16(22-17)12-4-6-13(7-5-12)27(2,25)26/h3-10H,1-2H3,(H2,20,21)(H,23,24). The minimum Gasteiger partial charge on any atom is -0.382 e. The van der Waals surface area contributed by atoms with Crippen LogP contribution in [0.15, 0.2) is 53.6 Å². The van der Waals surface area contributed by atoms with Gasteiger partial charge in [0.05, 0.1) is 27.8 Å². The molecule has 4 rings (SSSR count). The third-order valence-electron chi connectivity index (χ3n) is 4.24. The SMILES string of the molecule is Cc1ccc2nc(-c3nc(-c4ccc(S(C)(=O)=O)cc4)cnc3N)[nH]c2c1. The number of aromatic nitrogens is 4. The lowest BCUT2D eigenvalue weighted by Crippen LogP contribution is -2.00. The zero-order valence-corrected chi connectivity index (χ0v) is 15.6. The molecule has 0 radical (unpaired) electrons. The van der Waals surface area contributed by atoms with Gasteiger partial charge in [0, 0.05) is 11.8 Å². The second-order valence-electron chi connectivity index (χ2n) is 6.39. The van der Waals surface area contributed by atoms with Gasteiger partial charge in [-0.05, 0) is 36.8 Å². The molecule has 0 bridgehead atoms. The lowest BCUT2D eigenvalue weighted by atomic mass is 10.1. The Hall–Kier alpha value is -3.26. The van der Waals surface area contributed by atoms with Gasteiger partial charge < -0.3 is 10.7 Å². The summed E-state index contributed by atoms with van der Waals surface area (Å²) in [7, 11) is -3.25. The lowest BCUT2D eigenvalue weighted by molar-refractivity contribution is 0.602. The zero-order chi connectivity index (χ0) is 19.2. The van der Waals surface area contributed by atoms with Crippen LogP contribution in [0.5, 0.6) is 0 Å². The molecule has 136 valence electrons. The predicted octanol–water partition coefficient (Wildman–Crippen LogP) is 2.98. The molecule has 2 aromatic carbocycles. The van der Waals surface area contributed by atoms with Gasteiger partial charge in [-0.1, -0.05) is 18.2 Å². The number of imidazole rings is 1. The van der Waals surface area contributed by atoms with E-state index >= 15 is 0 Å². The highest BCUT2D eigenvalue weighted by atomic mass is 32.2. The zero-order valence-electron chi connectivity index (χ0n) is 14.8. The Morgan fingerprint density at radius 3 is 2.48 bits per heavy atom. The maximum Gasteiger partial charge on any atom is 0.175 e. The fourth-order valence-corrected chi connectivity index (χ4v) is 3.45. The van der Waals surface area contributed by atoms with Crippen molar-refractivity contribution in [3.8, 4) is 22.8 Å². The van der Waals surface area contributed by atoms with Crippen molar-refractivity contribution in [1.82, 2.24) is 19.9 Å². The quantitative estimate of drug-likeness (QED) is 0.565. The molecule has 0 aliphatic carbocycles. The molecule has 0 aliphatic rings. The number of sulfone groups is 1. The first kappa shape index (κ1) is 17.2. The highest BCUT2D eigenvalue weighted by Gasteiger charge is 2.14. The Balaban J connectivity index is 1.79. The van der Waals surface area contributed by atoms with E-state index in [1.807, 2.05) is 25.1 Å². The van der Waals surface area contributed by atoms with Crippen molar-refractivity contribution in [3.05, 3.63) is 54.2 Å². The van der Waals surface area contributed by atoms with Crippen LogP contribution in [-0.4, -0.2) is 34.6 Å². The second kappa shape index (κ2) is 6.17. The van der Waals surface area contributed by atoms with Crippen LogP contribution >= 0.6 is 0 Å². The van der Waals surface area contributed by atoms with Crippen LogP contribution in [0, 0.1) is 6.92 Å². The fourth-order valence-electron chi connectivity index (χ4n) is 2.82. The predicted molar refractivity (Wildman–Crippen MR) is 105 cm³/mol. The first-order chi connectivity index (χ1) is 12.8. The normalized spacial score (nSPS) is 11.8. The molecule has 2 aromatic heterocycles. The summed E-state index contributed by atoms with van der Waals surface area (Å²) in [5.74, 6) is 0.803. The average Bonchev–Trinajstić information content (AvgIpc) is 3.04. The second-order valence-corrected chi connectivity index (χ2v) is 8.41. The number of anilines is 1. The summed E-state index contributed by atoms with van der Waals surface area (Å²) < 4.78 is 23.2. The summed E-state index contributed by atoms with van der Waals surface area (Å²) in [5.41, 5.74) is 10.6. The van der Waals surface area contributed by atoms with E-state index in [-0.39, 0.29) is 10.7 Å². The van der Waals surface area contributed by atoms with Crippen LogP contribution in [0.1, 0.15) is 5.56 Å². The molecule has 3 N–H and O–H groups in total. The van der Waals surface area contributed by atoms with E-state index in [1.54, 1.807) is 30.5 Å². The molecular formula is C19H17N5O2S. The summed E-state index contributed by atoms with van der Waals surface area (Å²) in [6.07, 6.45) is 2.73. The Kier molecular flexibility index (Phi) is 3.92. The maximum atomic E-state index is 11.6. The van der Waals surface area contributed by atoms with Gasteiger partial charge in [0.2, 0.25) is 0 Å². The van der Waals surface area contributed by atoms with E-state index in [9.17, 15) is 8.42 Å². The highest BCUT2D eigenvalue weighted by Crippen LogP contribution is 2.27. The highest BCUT2D eigenvalue weighted by molar-refractivity contribution is 7.90. The number of rotatable bonds is 3. The number of H-pyrrole nitrogens is 1. The van der Waals surface area contributed by atoms with Crippen molar-refractivity contribution in [2.24, 2.45) is 0 Å². The smallest absolute Gasteiger partial charge is 0.175 e. The van der Waals surface area contributed by atoms with Crippen molar-refractivity contribution in [2.45, 2.75) is 11.8 Å². The number of hydrogen-bond donors (Lipinski definition) is 2. The van der Waals surface area contributed by atoms with Gasteiger partial charge in [0.1, 0.15) is 5.69 Å². The summed E-state index contributed by atoms with van der Waals surface area (Å²) in [6, 6.07) is 12.4. The van der Waals surface area contributed by atoms with Crippen molar-refractivity contribution in [3.63, 3.8) is 0 Å². The Bertz CT molecular complexity index is 1260. The number of nitrogens with one attached hydrogen (secondary N) is 1. The van der Waals surface area contributed by atoms with Gasteiger partial charge in [0.15, 0.2) is 21.5 Å². The van der Waals surface area contributed by atoms with Gasteiger partial charge in [-0.15, -0.1) is 0 Å². The summed E-state index contributed by atoms with van der Waals surface area (Å²) in [5, 5.41) is 0. The summed E-state index contributed by atoms with van der Waals surface area (Å²) >= 11 is 0. The van der Waals surface area contributed by atoms with Gasteiger partial charge >= 0.3 is 0 Å². The van der Waals surface area contributed by atoms with Crippen LogP contribution in [-0.2, 0) is 9.84 Å². The maximum absolute atomic E-state index is 11.6. The Morgan fingerprint density at radius 1 is 1.04 bits per heavy atom. The summed E-state index contributed by atoms with van der Waals surface area (Å²) in [6.45, 7) is 2.01. The van der Waals surface area contributed by atoms with Crippen LogP contribution < -0.4 is 5.73 Å². The molecule has 2 heterocycles. The summed E-state index contributed by atoms with van der Waals surface area (Å²) in [4.78, 5) is 16.8. The number of aromatic amines is 1. The van der Waals surface area contributed by atoms with Gasteiger partial charge in [-0.25, -0.2) is 23.4 Å². The molecule has 0 saturated carbocycles. The molecule has 0 saturated heterocycles. The minimum atomic E-state index is -3.25. The number of nitrogen functional groups attached to an aromatic ring is 1. The number of nitrogens with zero attached hydrogens (tertiary/aromatic N) is 3. The number of benzene rings is 2. The van der Waals surface area contributed by atoms with Crippen LogP contribution in [0.4, 0.5) is 5.82 Å². The van der Waals surface area contributed by atoms with Crippen LogP contribution in [0.3, 0.4) is 0 Å². The van der Waals surface area contributed by atoms with Crippen molar-refractivity contribution >= 4 is 26.7 Å². The average molecular weight is 379 g/mol. The van der Waals surface area contributed by atoms with Crippen LogP contribution in [0.2, 0.25) is 0 Å². The van der Waals surface area contributed by atoms with Gasteiger partial charge in [0.25, 0.3) is 0 Å².